The molecular weight excluding hydrogens is 360 g/mol. The van der Waals surface area contributed by atoms with Crippen LogP contribution in [0.4, 0.5) is 0 Å². The van der Waals surface area contributed by atoms with Gasteiger partial charge >= 0.3 is 5.97 Å². The maximum Gasteiger partial charge on any atom is 0.335 e. The first kappa shape index (κ1) is 17.5. The number of ether oxygens (including phenoxy) is 1. The summed E-state index contributed by atoms with van der Waals surface area (Å²) < 4.78 is 6.71. The predicted molar refractivity (Wildman–Crippen MR) is 91.7 cm³/mol. The maximum absolute atomic E-state index is 10.8. The average Bonchev–Trinajstić information content (AvgIpc) is 2.54. The summed E-state index contributed by atoms with van der Waals surface area (Å²) >= 11 is 3.41. The summed E-state index contributed by atoms with van der Waals surface area (Å²) in [6.07, 6.45) is 0.978. The summed E-state index contributed by atoms with van der Waals surface area (Å²) in [7, 11) is 0. The lowest BCUT2D eigenvalue weighted by molar-refractivity contribution is 0.0697. The van der Waals surface area contributed by atoms with Gasteiger partial charge in [-0.25, -0.2) is 4.79 Å². The quantitative estimate of drug-likeness (QED) is 0.740. The Balaban J connectivity index is 2.12. The lowest BCUT2D eigenvalue weighted by Gasteiger charge is -2.16. The molecule has 0 radical (unpaired) electrons. The van der Waals surface area contributed by atoms with Crippen LogP contribution in [0.25, 0.3) is 0 Å². The van der Waals surface area contributed by atoms with E-state index >= 15 is 0 Å². The minimum absolute atomic E-state index is 0.247. The molecule has 122 valence electrons. The normalized spacial score (nSPS) is 12.0. The SMILES string of the molecule is CCCC(O)c1cc(Br)ccc1OCc1ccc(C(=O)O)cc1. The van der Waals surface area contributed by atoms with Gasteiger partial charge in [0.25, 0.3) is 0 Å². The van der Waals surface area contributed by atoms with Crippen LogP contribution in [0.5, 0.6) is 5.75 Å². The molecule has 0 saturated carbocycles. The number of aromatic carboxylic acids is 1. The third-order valence-corrected chi connectivity index (χ3v) is 3.98. The zero-order valence-electron chi connectivity index (χ0n) is 12.8. The fourth-order valence-electron chi connectivity index (χ4n) is 2.24. The highest BCUT2D eigenvalue weighted by Gasteiger charge is 2.14. The van der Waals surface area contributed by atoms with Crippen molar-refractivity contribution in [3.63, 3.8) is 0 Å². The minimum atomic E-state index is -0.949. The first-order valence-corrected chi connectivity index (χ1v) is 8.23. The topological polar surface area (TPSA) is 66.8 Å². The molecule has 0 spiro atoms. The molecule has 23 heavy (non-hydrogen) atoms. The van der Waals surface area contributed by atoms with Crippen LogP contribution in [-0.2, 0) is 6.61 Å². The van der Waals surface area contributed by atoms with Crippen LogP contribution in [0.3, 0.4) is 0 Å². The molecule has 0 aliphatic heterocycles. The molecule has 0 bridgehead atoms. The number of aliphatic hydroxyl groups excluding tert-OH is 1. The van der Waals surface area contributed by atoms with Crippen molar-refractivity contribution in [2.75, 3.05) is 0 Å². The van der Waals surface area contributed by atoms with Gasteiger partial charge in [0.05, 0.1) is 11.7 Å². The summed E-state index contributed by atoms with van der Waals surface area (Å²) in [5.41, 5.74) is 1.87. The van der Waals surface area contributed by atoms with Crippen LogP contribution in [0.2, 0.25) is 0 Å². The van der Waals surface area contributed by atoms with E-state index in [1.54, 1.807) is 24.3 Å². The average molecular weight is 379 g/mol. The van der Waals surface area contributed by atoms with Crippen LogP contribution in [0.15, 0.2) is 46.9 Å². The van der Waals surface area contributed by atoms with E-state index in [0.29, 0.717) is 18.8 Å². The van der Waals surface area contributed by atoms with Gasteiger partial charge in [-0.15, -0.1) is 0 Å². The molecule has 4 nitrogen and oxygen atoms in total. The third kappa shape index (κ3) is 4.81. The lowest BCUT2D eigenvalue weighted by atomic mass is 10.0. The van der Waals surface area contributed by atoms with Gasteiger partial charge in [-0.1, -0.05) is 41.4 Å². The molecule has 2 N–H and O–H groups in total. The van der Waals surface area contributed by atoms with E-state index in [1.807, 2.05) is 25.1 Å². The number of hydrogen-bond acceptors (Lipinski definition) is 3. The maximum atomic E-state index is 10.8. The summed E-state index contributed by atoms with van der Waals surface area (Å²) in [6.45, 7) is 2.33. The highest BCUT2D eigenvalue weighted by atomic mass is 79.9. The fraction of sp³-hybridized carbons (Fsp3) is 0.278. The Hall–Kier alpha value is -1.85. The zero-order chi connectivity index (χ0) is 16.8. The fourth-order valence-corrected chi connectivity index (χ4v) is 2.62. The Morgan fingerprint density at radius 1 is 1.22 bits per heavy atom. The summed E-state index contributed by atoms with van der Waals surface area (Å²) in [5, 5.41) is 19.1. The molecule has 0 saturated heterocycles. The van der Waals surface area contributed by atoms with Gasteiger partial charge in [-0.05, 0) is 42.3 Å². The molecule has 0 heterocycles. The Morgan fingerprint density at radius 3 is 2.52 bits per heavy atom. The van der Waals surface area contributed by atoms with Gasteiger partial charge in [0.15, 0.2) is 0 Å². The first-order chi connectivity index (χ1) is 11.0. The van der Waals surface area contributed by atoms with Gasteiger partial charge in [-0.3, -0.25) is 0 Å². The van der Waals surface area contributed by atoms with Gasteiger partial charge in [-0.2, -0.15) is 0 Å². The highest BCUT2D eigenvalue weighted by molar-refractivity contribution is 9.10. The van der Waals surface area contributed by atoms with Crippen molar-refractivity contribution in [2.24, 2.45) is 0 Å². The number of halogens is 1. The summed E-state index contributed by atoms with van der Waals surface area (Å²) in [6, 6.07) is 12.1. The van der Waals surface area contributed by atoms with Crippen LogP contribution in [-0.4, -0.2) is 16.2 Å². The van der Waals surface area contributed by atoms with Gasteiger partial charge in [0, 0.05) is 10.0 Å². The van der Waals surface area contributed by atoms with E-state index in [2.05, 4.69) is 15.9 Å². The highest BCUT2D eigenvalue weighted by Crippen LogP contribution is 2.31. The van der Waals surface area contributed by atoms with E-state index in [4.69, 9.17) is 9.84 Å². The van der Waals surface area contributed by atoms with E-state index in [9.17, 15) is 9.90 Å². The summed E-state index contributed by atoms with van der Waals surface area (Å²) in [4.78, 5) is 10.8. The van der Waals surface area contributed by atoms with E-state index < -0.39 is 12.1 Å². The molecular formula is C18H19BrO4. The number of benzene rings is 2. The standard InChI is InChI=1S/C18H19BrO4/c1-2-3-16(20)15-10-14(19)8-9-17(15)23-11-12-4-6-13(7-5-12)18(21)22/h4-10,16,20H,2-3,11H2,1H3,(H,21,22). The largest absolute Gasteiger partial charge is 0.489 e. The van der Waals surface area contributed by atoms with Crippen molar-refractivity contribution in [1.82, 2.24) is 0 Å². The van der Waals surface area contributed by atoms with E-state index in [1.165, 1.54) is 0 Å². The second-order valence-electron chi connectivity index (χ2n) is 5.28. The Labute approximate surface area is 143 Å². The molecule has 0 amide bonds. The number of hydrogen-bond donors (Lipinski definition) is 2. The van der Waals surface area contributed by atoms with E-state index in [0.717, 1.165) is 22.0 Å². The minimum Gasteiger partial charge on any atom is -0.489 e. The molecule has 0 aliphatic rings. The smallest absolute Gasteiger partial charge is 0.335 e. The monoisotopic (exact) mass is 378 g/mol. The van der Waals surface area contributed by atoms with Crippen molar-refractivity contribution in [3.8, 4) is 5.75 Å². The molecule has 0 fully saturated rings. The van der Waals surface area contributed by atoms with Crippen molar-refractivity contribution < 1.29 is 19.7 Å². The number of carbonyl (C=O) groups is 1. The third-order valence-electron chi connectivity index (χ3n) is 3.49. The number of rotatable bonds is 7. The zero-order valence-corrected chi connectivity index (χ0v) is 14.4. The Morgan fingerprint density at radius 2 is 1.91 bits per heavy atom. The van der Waals surface area contributed by atoms with Gasteiger partial charge in [0.1, 0.15) is 12.4 Å². The van der Waals surface area contributed by atoms with Crippen molar-refractivity contribution in [1.29, 1.82) is 0 Å². The molecule has 0 aromatic heterocycles. The second-order valence-corrected chi connectivity index (χ2v) is 6.19. The van der Waals surface area contributed by atoms with E-state index in [-0.39, 0.29) is 5.56 Å². The first-order valence-electron chi connectivity index (χ1n) is 7.43. The number of carboxylic acids is 1. The number of carboxylic acid groups (broad SMARTS) is 1. The molecule has 1 atom stereocenters. The van der Waals surface area contributed by atoms with Crippen LogP contribution >= 0.6 is 15.9 Å². The van der Waals surface area contributed by atoms with Gasteiger partial charge in [0.2, 0.25) is 0 Å². The van der Waals surface area contributed by atoms with Crippen molar-refractivity contribution in [3.05, 3.63) is 63.6 Å². The van der Waals surface area contributed by atoms with Crippen molar-refractivity contribution >= 4 is 21.9 Å². The second kappa shape index (κ2) is 8.13. The summed E-state index contributed by atoms with van der Waals surface area (Å²) in [5.74, 6) is -0.313. The lowest BCUT2D eigenvalue weighted by Crippen LogP contribution is -2.04. The molecule has 2 rings (SSSR count). The molecule has 2 aromatic rings. The van der Waals surface area contributed by atoms with Crippen LogP contribution in [0, 0.1) is 0 Å². The molecule has 1 unspecified atom stereocenters. The van der Waals surface area contributed by atoms with Crippen LogP contribution in [0.1, 0.15) is 47.4 Å². The Bertz CT molecular complexity index is 667. The van der Waals surface area contributed by atoms with Crippen molar-refractivity contribution in [2.45, 2.75) is 32.5 Å². The van der Waals surface area contributed by atoms with Gasteiger partial charge < -0.3 is 14.9 Å². The molecule has 2 aromatic carbocycles. The molecule has 5 heteroatoms. The predicted octanol–water partition coefficient (Wildman–Crippen LogP) is 4.56. The molecule has 0 aliphatic carbocycles. The number of aliphatic hydroxyl groups is 1. The van der Waals surface area contributed by atoms with Crippen LogP contribution < -0.4 is 4.74 Å². The Kier molecular flexibility index (Phi) is 6.19.